The molecule has 0 unspecified atom stereocenters. The van der Waals surface area contributed by atoms with E-state index in [1.165, 1.54) is 24.3 Å². The van der Waals surface area contributed by atoms with Gasteiger partial charge in [0.1, 0.15) is 5.76 Å². The van der Waals surface area contributed by atoms with Crippen LogP contribution in [0.1, 0.15) is 66.6 Å². The molecule has 0 fully saturated rings. The molecule has 184 valence electrons. The lowest BCUT2D eigenvalue weighted by Crippen LogP contribution is -2.41. The molecule has 1 heterocycles. The molecule has 36 heavy (non-hydrogen) atoms. The Kier molecular flexibility index (Phi) is 6.91. The maximum Gasteiger partial charge on any atom is 0.305 e. The van der Waals surface area contributed by atoms with Crippen molar-refractivity contribution in [2.75, 3.05) is 0 Å². The Morgan fingerprint density at radius 2 is 1.50 bits per heavy atom. The molecule has 3 amide bonds. The highest BCUT2D eigenvalue weighted by Crippen LogP contribution is 2.29. The number of rotatable bonds is 5. The van der Waals surface area contributed by atoms with Gasteiger partial charge in [-0.2, -0.15) is 5.10 Å². The summed E-state index contributed by atoms with van der Waals surface area (Å²) in [6.45, 7) is 3.64. The van der Waals surface area contributed by atoms with Crippen LogP contribution < -0.4 is 16.3 Å². The molecular weight excluding hydrogens is 466 g/mol. The normalized spacial score (nSPS) is 13.6. The van der Waals surface area contributed by atoms with Crippen LogP contribution in [0.25, 0.3) is 0 Å². The third-order valence-electron chi connectivity index (χ3n) is 5.77. The quantitative estimate of drug-likeness (QED) is 0.369. The first-order valence-corrected chi connectivity index (χ1v) is 11.2. The Bertz CT molecular complexity index is 1370. The van der Waals surface area contributed by atoms with Gasteiger partial charge in [-0.25, -0.2) is 5.43 Å². The lowest BCUT2D eigenvalue weighted by molar-refractivity contribution is -0.384. The fourth-order valence-corrected chi connectivity index (χ4v) is 3.86. The molecule has 0 saturated carbocycles. The molecule has 3 N–H and O–H groups in total. The van der Waals surface area contributed by atoms with Crippen LogP contribution in [0.4, 0.5) is 5.69 Å². The fourth-order valence-electron chi connectivity index (χ4n) is 3.86. The molecule has 11 heteroatoms. The highest BCUT2D eigenvalue weighted by molar-refractivity contribution is 6.07. The minimum Gasteiger partial charge on any atom is -0.455 e. The summed E-state index contributed by atoms with van der Waals surface area (Å²) in [5.41, 5.74) is 10.4. The lowest BCUT2D eigenvalue weighted by atomic mass is 9.93. The van der Waals surface area contributed by atoms with Crippen LogP contribution >= 0.6 is 0 Å². The van der Waals surface area contributed by atoms with Crippen LogP contribution in [-0.2, 0) is 6.42 Å². The zero-order valence-electron chi connectivity index (χ0n) is 19.6. The Hall–Kier alpha value is -4.80. The number of fused-ring (bicyclic) bond motifs is 1. The monoisotopic (exact) mass is 489 g/mol. The predicted molar refractivity (Wildman–Crippen MR) is 130 cm³/mol. The van der Waals surface area contributed by atoms with E-state index in [9.17, 15) is 24.5 Å². The van der Waals surface area contributed by atoms with Gasteiger partial charge in [0.15, 0.2) is 5.76 Å². The van der Waals surface area contributed by atoms with Gasteiger partial charge in [-0.15, -0.1) is 0 Å². The number of non-ortho nitro benzene ring substituents is 1. The number of hydrazone groups is 1. The Balaban J connectivity index is 1.45. The number of benzene rings is 2. The van der Waals surface area contributed by atoms with E-state index < -0.39 is 16.7 Å². The summed E-state index contributed by atoms with van der Waals surface area (Å²) in [5.74, 6) is -1.06. The predicted octanol–water partition coefficient (Wildman–Crippen LogP) is 3.35. The average molecular weight is 489 g/mol. The molecule has 0 spiro atoms. The highest BCUT2D eigenvalue weighted by atomic mass is 16.6. The van der Waals surface area contributed by atoms with Crippen molar-refractivity contribution in [3.05, 3.63) is 98.0 Å². The van der Waals surface area contributed by atoms with Crippen LogP contribution in [0.15, 0.2) is 58.0 Å². The molecule has 2 aromatic carbocycles. The van der Waals surface area contributed by atoms with Gasteiger partial charge < -0.3 is 4.42 Å². The number of aryl methyl sites for hydroxylation is 2. The SMILES string of the molecule is Cc1ccc(C(=O)N/N=C2\CCCc3oc(C(=O)NNC(=O)c4ccc([N+](=O)[O-])cc4)c(C)c32)cc1. The molecule has 11 nitrogen and oxygen atoms in total. The van der Waals surface area contributed by atoms with Crippen molar-refractivity contribution in [1.29, 1.82) is 0 Å². The third kappa shape index (κ3) is 5.14. The first kappa shape index (κ1) is 24.3. The molecule has 4 rings (SSSR count). The second-order valence-corrected chi connectivity index (χ2v) is 8.29. The van der Waals surface area contributed by atoms with Crippen molar-refractivity contribution < 1.29 is 23.7 Å². The smallest absolute Gasteiger partial charge is 0.305 e. The molecular formula is C25H23N5O6. The van der Waals surface area contributed by atoms with Gasteiger partial charge in [-0.05, 0) is 51.0 Å². The second-order valence-electron chi connectivity index (χ2n) is 8.29. The van der Waals surface area contributed by atoms with Crippen molar-refractivity contribution in [2.24, 2.45) is 5.10 Å². The minimum absolute atomic E-state index is 0.0171. The number of furan rings is 1. The number of nitro benzene ring substituents is 1. The van der Waals surface area contributed by atoms with Crippen LogP contribution in [0, 0.1) is 24.0 Å². The van der Waals surface area contributed by atoms with E-state index in [4.69, 9.17) is 4.42 Å². The Morgan fingerprint density at radius 3 is 2.17 bits per heavy atom. The summed E-state index contributed by atoms with van der Waals surface area (Å²) in [6.07, 6.45) is 1.93. The third-order valence-corrected chi connectivity index (χ3v) is 5.77. The standard InChI is InChI=1S/C25H23N5O6/c1-14-6-8-16(9-7-14)23(31)27-26-19-4-3-5-20-21(19)15(2)22(36-20)25(33)29-28-24(32)17-10-12-18(13-11-17)30(34)35/h6-13H,3-5H2,1-2H3,(H,27,31)(H,28,32)(H,29,33)/b26-19+. The maximum atomic E-state index is 12.7. The maximum absolute atomic E-state index is 12.7. The highest BCUT2D eigenvalue weighted by Gasteiger charge is 2.28. The number of amides is 3. The van der Waals surface area contributed by atoms with E-state index >= 15 is 0 Å². The first-order valence-electron chi connectivity index (χ1n) is 11.2. The van der Waals surface area contributed by atoms with Crippen molar-refractivity contribution in [2.45, 2.75) is 33.1 Å². The van der Waals surface area contributed by atoms with Gasteiger partial charge in [0.2, 0.25) is 0 Å². The van der Waals surface area contributed by atoms with Crippen LogP contribution in [0.5, 0.6) is 0 Å². The van der Waals surface area contributed by atoms with Gasteiger partial charge in [0.05, 0.1) is 10.6 Å². The number of hydrogen-bond donors (Lipinski definition) is 3. The Labute approximate surface area is 205 Å². The summed E-state index contributed by atoms with van der Waals surface area (Å²) in [5, 5.41) is 15.0. The second kappa shape index (κ2) is 10.2. The van der Waals surface area contributed by atoms with Gasteiger partial charge >= 0.3 is 5.91 Å². The van der Waals surface area contributed by atoms with Crippen LogP contribution in [0.2, 0.25) is 0 Å². The summed E-state index contributed by atoms with van der Waals surface area (Å²) in [7, 11) is 0. The molecule has 1 aliphatic carbocycles. The Morgan fingerprint density at radius 1 is 0.889 bits per heavy atom. The summed E-state index contributed by atoms with van der Waals surface area (Å²) >= 11 is 0. The summed E-state index contributed by atoms with van der Waals surface area (Å²) in [4.78, 5) is 47.6. The average Bonchev–Trinajstić information content (AvgIpc) is 3.23. The fraction of sp³-hybridized carbons (Fsp3) is 0.200. The molecule has 3 aromatic rings. The van der Waals surface area contributed by atoms with Gasteiger partial charge in [0.25, 0.3) is 17.5 Å². The van der Waals surface area contributed by atoms with Crippen molar-refractivity contribution in [3.8, 4) is 0 Å². The topological polar surface area (TPSA) is 156 Å². The van der Waals surface area contributed by atoms with E-state index in [1.54, 1.807) is 19.1 Å². The number of carbonyl (C=O) groups excluding carboxylic acids is 3. The molecule has 1 aliphatic rings. The summed E-state index contributed by atoms with van der Waals surface area (Å²) in [6, 6.07) is 12.1. The zero-order valence-corrected chi connectivity index (χ0v) is 19.6. The lowest BCUT2D eigenvalue weighted by Gasteiger charge is -2.13. The van der Waals surface area contributed by atoms with E-state index in [2.05, 4.69) is 21.4 Å². The van der Waals surface area contributed by atoms with Gasteiger partial charge in [0, 0.05) is 40.8 Å². The first-order chi connectivity index (χ1) is 17.2. The molecule has 0 radical (unpaired) electrons. The van der Waals surface area contributed by atoms with Crippen LogP contribution in [0.3, 0.4) is 0 Å². The number of carbonyl (C=O) groups is 3. The molecule has 0 saturated heterocycles. The molecule has 0 bridgehead atoms. The van der Waals surface area contributed by atoms with Gasteiger partial charge in [-0.3, -0.25) is 35.3 Å². The van der Waals surface area contributed by atoms with E-state index in [0.717, 1.165) is 12.0 Å². The van der Waals surface area contributed by atoms with E-state index in [1.807, 2.05) is 19.1 Å². The molecule has 0 aliphatic heterocycles. The number of nitro groups is 1. The van der Waals surface area contributed by atoms with Gasteiger partial charge in [-0.1, -0.05) is 17.7 Å². The van der Waals surface area contributed by atoms with Crippen LogP contribution in [-0.4, -0.2) is 28.4 Å². The number of hydrogen-bond acceptors (Lipinski definition) is 7. The van der Waals surface area contributed by atoms with Crippen molar-refractivity contribution in [1.82, 2.24) is 16.3 Å². The molecule has 1 aromatic heterocycles. The zero-order chi connectivity index (χ0) is 25.8. The van der Waals surface area contributed by atoms with E-state index in [-0.39, 0.29) is 22.9 Å². The summed E-state index contributed by atoms with van der Waals surface area (Å²) < 4.78 is 5.78. The van der Waals surface area contributed by atoms with Crippen molar-refractivity contribution in [3.63, 3.8) is 0 Å². The largest absolute Gasteiger partial charge is 0.455 e. The number of nitrogens with one attached hydrogen (secondary N) is 3. The number of hydrazine groups is 1. The minimum atomic E-state index is -0.666. The van der Waals surface area contributed by atoms with Crippen molar-refractivity contribution >= 4 is 29.1 Å². The molecule has 0 atom stereocenters. The number of nitrogens with zero attached hydrogens (tertiary/aromatic N) is 2. The van der Waals surface area contributed by atoms with E-state index in [0.29, 0.717) is 41.0 Å².